The first-order chi connectivity index (χ1) is 14.4. The number of halogens is 1. The zero-order valence-electron chi connectivity index (χ0n) is 17.2. The summed E-state index contributed by atoms with van der Waals surface area (Å²) in [7, 11) is 0. The van der Waals surface area contributed by atoms with Gasteiger partial charge in [-0.05, 0) is 48.7 Å². The molecule has 2 heterocycles. The Bertz CT molecular complexity index is 1390. The molecule has 3 heteroatoms. The Morgan fingerprint density at radius 3 is 2.64 bits per heavy atom. The van der Waals surface area contributed by atoms with E-state index in [-0.39, 0.29) is 5.82 Å². The smallest absolute Gasteiger partial charge is 0.132 e. The molecule has 0 bridgehead atoms. The standard InChI is InChI=1S/C25H18FNS/c1-16-8-10-17(11-9-16)14-18-12-13-27-22(15-18)19-4-2-5-20-24-21(26)6-3-7-23(24)28-25(19)20/h2-13,15H,14H2,1H3/i14D2. The zero-order chi connectivity index (χ0) is 20.9. The van der Waals surface area contributed by atoms with Gasteiger partial charge in [0.25, 0.3) is 0 Å². The van der Waals surface area contributed by atoms with E-state index in [1.165, 1.54) is 17.4 Å². The number of thiophene rings is 1. The predicted octanol–water partition coefficient (Wildman–Crippen LogP) is 7.15. The Morgan fingerprint density at radius 1 is 0.964 bits per heavy atom. The van der Waals surface area contributed by atoms with E-state index in [1.807, 2.05) is 55.5 Å². The zero-order valence-corrected chi connectivity index (χ0v) is 16.1. The third-order valence-corrected chi connectivity index (χ3v) is 6.05. The van der Waals surface area contributed by atoms with E-state index < -0.39 is 6.37 Å². The van der Waals surface area contributed by atoms with Gasteiger partial charge in [-0.1, -0.05) is 54.1 Å². The average Bonchev–Trinajstić information content (AvgIpc) is 3.14. The topological polar surface area (TPSA) is 12.9 Å². The Balaban J connectivity index is 1.67. The number of nitrogens with zero attached hydrogens (tertiary/aromatic N) is 1. The first-order valence-electron chi connectivity index (χ1n) is 10.1. The van der Waals surface area contributed by atoms with Crippen LogP contribution in [0.4, 0.5) is 4.39 Å². The highest BCUT2D eigenvalue weighted by Gasteiger charge is 2.14. The van der Waals surface area contributed by atoms with Gasteiger partial charge in [-0.2, -0.15) is 0 Å². The van der Waals surface area contributed by atoms with Crippen molar-refractivity contribution >= 4 is 31.5 Å². The minimum atomic E-state index is -1.65. The summed E-state index contributed by atoms with van der Waals surface area (Å²) in [4.78, 5) is 4.52. The van der Waals surface area contributed by atoms with Crippen LogP contribution in [-0.2, 0) is 6.37 Å². The first-order valence-corrected chi connectivity index (χ1v) is 9.90. The molecule has 0 aliphatic heterocycles. The second-order valence-electron chi connectivity index (χ2n) is 6.82. The normalized spacial score (nSPS) is 12.9. The number of rotatable bonds is 3. The monoisotopic (exact) mass is 385 g/mol. The van der Waals surface area contributed by atoms with E-state index in [0.717, 1.165) is 25.9 Å². The molecule has 28 heavy (non-hydrogen) atoms. The lowest BCUT2D eigenvalue weighted by molar-refractivity contribution is 0.641. The van der Waals surface area contributed by atoms with Crippen molar-refractivity contribution < 1.29 is 7.13 Å². The quantitative estimate of drug-likeness (QED) is 0.321. The van der Waals surface area contributed by atoms with Crippen LogP contribution in [0, 0.1) is 12.7 Å². The number of hydrogen-bond donors (Lipinski definition) is 0. The fraction of sp³-hybridized carbons (Fsp3) is 0.0800. The lowest BCUT2D eigenvalue weighted by Gasteiger charge is -2.07. The SMILES string of the molecule is [2H]C([2H])(c1ccc(C)cc1)c1ccnc(-c2cccc3c2sc2cccc(F)c23)c1. The van der Waals surface area contributed by atoms with Crippen molar-refractivity contribution in [3.63, 3.8) is 0 Å². The molecule has 0 unspecified atom stereocenters. The lowest BCUT2D eigenvalue weighted by Crippen LogP contribution is -1.91. The van der Waals surface area contributed by atoms with Crippen LogP contribution >= 0.6 is 11.3 Å². The summed E-state index contributed by atoms with van der Waals surface area (Å²) >= 11 is 1.53. The maximum atomic E-state index is 14.5. The molecule has 1 nitrogen and oxygen atoms in total. The van der Waals surface area contributed by atoms with E-state index in [1.54, 1.807) is 24.4 Å². The molecule has 0 atom stereocenters. The van der Waals surface area contributed by atoms with E-state index in [9.17, 15) is 4.39 Å². The largest absolute Gasteiger partial charge is 0.256 e. The summed E-state index contributed by atoms with van der Waals surface area (Å²) < 4.78 is 33.7. The van der Waals surface area contributed by atoms with E-state index >= 15 is 0 Å². The van der Waals surface area contributed by atoms with Crippen molar-refractivity contribution in [3.8, 4) is 11.3 Å². The third kappa shape index (κ3) is 2.98. The Hall–Kier alpha value is -3.04. The molecule has 136 valence electrons. The molecule has 0 fully saturated rings. The van der Waals surface area contributed by atoms with E-state index in [0.29, 0.717) is 22.2 Å². The van der Waals surface area contributed by atoms with Crippen molar-refractivity contribution in [2.45, 2.75) is 13.3 Å². The summed E-state index contributed by atoms with van der Waals surface area (Å²) in [6.45, 7) is 1.98. The second-order valence-corrected chi connectivity index (χ2v) is 7.87. The summed E-state index contributed by atoms with van der Waals surface area (Å²) in [5.41, 5.74) is 3.80. The van der Waals surface area contributed by atoms with Gasteiger partial charge in [0, 0.05) is 34.7 Å². The number of aromatic nitrogens is 1. The number of pyridine rings is 1. The van der Waals surface area contributed by atoms with Crippen LogP contribution in [-0.4, -0.2) is 4.98 Å². The number of fused-ring (bicyclic) bond motifs is 3. The van der Waals surface area contributed by atoms with Crippen LogP contribution in [0.15, 0.2) is 79.0 Å². The molecule has 0 radical (unpaired) electrons. The van der Waals surface area contributed by atoms with Gasteiger partial charge in [-0.15, -0.1) is 11.3 Å². The second kappa shape index (κ2) is 6.84. The highest BCUT2D eigenvalue weighted by Crippen LogP contribution is 2.40. The molecule has 5 rings (SSSR count). The van der Waals surface area contributed by atoms with Gasteiger partial charge < -0.3 is 0 Å². The number of hydrogen-bond acceptors (Lipinski definition) is 2. The predicted molar refractivity (Wildman–Crippen MR) is 117 cm³/mol. The van der Waals surface area contributed by atoms with Crippen molar-refractivity contribution in [1.82, 2.24) is 4.98 Å². The maximum absolute atomic E-state index is 14.5. The first kappa shape index (κ1) is 14.9. The van der Waals surface area contributed by atoms with Gasteiger partial charge in [0.05, 0.1) is 5.69 Å². The highest BCUT2D eigenvalue weighted by atomic mass is 32.1. The summed E-state index contributed by atoms with van der Waals surface area (Å²) in [5, 5.41) is 1.49. The summed E-state index contributed by atoms with van der Waals surface area (Å²) in [6.07, 6.45) is -0.00498. The average molecular weight is 386 g/mol. The number of aryl methyl sites for hydroxylation is 1. The van der Waals surface area contributed by atoms with Gasteiger partial charge in [0.15, 0.2) is 0 Å². The fourth-order valence-electron chi connectivity index (χ4n) is 3.47. The molecule has 5 aromatic rings. The summed E-state index contributed by atoms with van der Waals surface area (Å²) in [5.74, 6) is -0.228. The molecule has 0 aliphatic rings. The van der Waals surface area contributed by atoms with Crippen molar-refractivity contribution in [3.05, 3.63) is 102 Å². The molecule has 0 amide bonds. The lowest BCUT2D eigenvalue weighted by atomic mass is 10.0. The van der Waals surface area contributed by atoms with Crippen molar-refractivity contribution in [2.75, 3.05) is 0 Å². The van der Waals surface area contributed by atoms with Crippen LogP contribution in [0.25, 0.3) is 31.4 Å². The van der Waals surface area contributed by atoms with Crippen LogP contribution in [0.5, 0.6) is 0 Å². The minimum absolute atomic E-state index is 0.228. The fourth-order valence-corrected chi connectivity index (χ4v) is 4.70. The molecule has 2 aromatic heterocycles. The Labute approximate surface area is 169 Å². The van der Waals surface area contributed by atoms with E-state index in [4.69, 9.17) is 2.74 Å². The van der Waals surface area contributed by atoms with Crippen molar-refractivity contribution in [1.29, 1.82) is 0 Å². The maximum Gasteiger partial charge on any atom is 0.132 e. The van der Waals surface area contributed by atoms with Crippen LogP contribution in [0.3, 0.4) is 0 Å². The molecular weight excluding hydrogens is 365 g/mol. The molecule has 0 saturated heterocycles. The van der Waals surface area contributed by atoms with Crippen molar-refractivity contribution in [2.24, 2.45) is 0 Å². The molecule has 0 N–H and O–H groups in total. The molecule has 0 saturated carbocycles. The summed E-state index contributed by atoms with van der Waals surface area (Å²) in [6, 6.07) is 21.9. The highest BCUT2D eigenvalue weighted by molar-refractivity contribution is 7.26. The third-order valence-electron chi connectivity index (χ3n) is 4.85. The Kier molecular flexibility index (Phi) is 3.65. The van der Waals surface area contributed by atoms with Crippen LogP contribution in [0.2, 0.25) is 0 Å². The van der Waals surface area contributed by atoms with Gasteiger partial charge in [0.1, 0.15) is 5.82 Å². The van der Waals surface area contributed by atoms with Gasteiger partial charge in [-0.25, -0.2) is 4.39 Å². The minimum Gasteiger partial charge on any atom is -0.256 e. The number of benzene rings is 3. The molecular formula is C25H18FNS. The van der Waals surface area contributed by atoms with Gasteiger partial charge >= 0.3 is 0 Å². The van der Waals surface area contributed by atoms with Crippen LogP contribution < -0.4 is 0 Å². The molecule has 3 aromatic carbocycles. The Morgan fingerprint density at radius 2 is 1.79 bits per heavy atom. The van der Waals surface area contributed by atoms with Gasteiger partial charge in [0.2, 0.25) is 0 Å². The van der Waals surface area contributed by atoms with Crippen LogP contribution in [0.1, 0.15) is 19.4 Å². The van der Waals surface area contributed by atoms with E-state index in [2.05, 4.69) is 4.98 Å². The van der Waals surface area contributed by atoms with Gasteiger partial charge in [-0.3, -0.25) is 4.98 Å². The molecule has 0 aliphatic carbocycles. The molecule has 0 spiro atoms.